The van der Waals surface area contributed by atoms with Gasteiger partial charge in [-0.05, 0) is 43.9 Å². The number of hydrogen-bond acceptors (Lipinski definition) is 2. The lowest BCUT2D eigenvalue weighted by atomic mass is 9.87. The first-order valence-corrected chi connectivity index (χ1v) is 7.54. The topological polar surface area (TPSA) is 42.1 Å². The zero-order chi connectivity index (χ0) is 14.3. The fraction of sp³-hybridized carbons (Fsp3) is 0.400. The highest BCUT2D eigenvalue weighted by Gasteiger charge is 2.31. The van der Waals surface area contributed by atoms with Gasteiger partial charge < -0.3 is 9.72 Å². The highest BCUT2D eigenvalue weighted by atomic mass is 35.5. The number of carbonyl (C=O) groups excluding carboxylic acids is 1. The molecule has 1 atom stereocenters. The first kappa shape index (κ1) is 13.8. The fourth-order valence-electron chi connectivity index (χ4n) is 2.97. The molecule has 3 nitrogen and oxygen atoms in total. The molecule has 0 radical (unpaired) electrons. The lowest BCUT2D eigenvalue weighted by Crippen LogP contribution is -2.20. The Hall–Kier alpha value is -1.19. The van der Waals surface area contributed by atoms with Gasteiger partial charge in [-0.25, -0.2) is 0 Å². The van der Waals surface area contributed by atoms with E-state index in [2.05, 4.69) is 4.98 Å². The second-order valence-electron chi connectivity index (χ2n) is 5.00. The Morgan fingerprint density at radius 3 is 3.00 bits per heavy atom. The average Bonchev–Trinajstić information content (AvgIpc) is 2.82. The van der Waals surface area contributed by atoms with Gasteiger partial charge in [-0.2, -0.15) is 0 Å². The van der Waals surface area contributed by atoms with Crippen molar-refractivity contribution >= 4 is 40.1 Å². The zero-order valence-corrected chi connectivity index (χ0v) is 12.6. The predicted octanol–water partition coefficient (Wildman–Crippen LogP) is 4.46. The van der Waals surface area contributed by atoms with Crippen LogP contribution < -0.4 is 0 Å². The molecule has 0 saturated carbocycles. The summed E-state index contributed by atoms with van der Waals surface area (Å²) in [6.07, 6.45) is 2.67. The Kier molecular flexibility index (Phi) is 3.65. The van der Waals surface area contributed by atoms with Crippen molar-refractivity contribution in [2.45, 2.75) is 32.1 Å². The quantitative estimate of drug-likeness (QED) is 0.832. The molecule has 20 heavy (non-hydrogen) atoms. The van der Waals surface area contributed by atoms with E-state index in [1.807, 2.05) is 13.0 Å². The summed E-state index contributed by atoms with van der Waals surface area (Å²) in [6.45, 7) is 2.22. The van der Waals surface area contributed by atoms with Gasteiger partial charge in [-0.3, -0.25) is 4.79 Å². The SMILES string of the molecule is CCOC(=O)C1CCCc2c1[nH]c1ccc(Cl)c(Cl)c21. The zero-order valence-electron chi connectivity index (χ0n) is 11.1. The second-order valence-corrected chi connectivity index (χ2v) is 5.78. The van der Waals surface area contributed by atoms with Crippen molar-refractivity contribution in [3.63, 3.8) is 0 Å². The number of aromatic nitrogens is 1. The lowest BCUT2D eigenvalue weighted by Gasteiger charge is -2.21. The minimum absolute atomic E-state index is 0.165. The van der Waals surface area contributed by atoms with Crippen LogP contribution >= 0.6 is 23.2 Å². The molecule has 106 valence electrons. The van der Waals surface area contributed by atoms with E-state index in [0.29, 0.717) is 16.7 Å². The summed E-state index contributed by atoms with van der Waals surface area (Å²) < 4.78 is 5.17. The summed E-state index contributed by atoms with van der Waals surface area (Å²) >= 11 is 12.4. The molecule has 1 heterocycles. The fourth-order valence-corrected chi connectivity index (χ4v) is 3.40. The highest BCUT2D eigenvalue weighted by molar-refractivity contribution is 6.45. The number of esters is 1. The van der Waals surface area contributed by atoms with Crippen molar-refractivity contribution < 1.29 is 9.53 Å². The second kappa shape index (κ2) is 5.30. The van der Waals surface area contributed by atoms with Crippen LogP contribution in [-0.2, 0) is 16.0 Å². The van der Waals surface area contributed by atoms with Gasteiger partial charge in [0.25, 0.3) is 0 Å². The molecule has 0 saturated heterocycles. The summed E-state index contributed by atoms with van der Waals surface area (Å²) in [5.41, 5.74) is 2.98. The van der Waals surface area contributed by atoms with Crippen molar-refractivity contribution in [3.05, 3.63) is 33.4 Å². The molecule has 0 aliphatic heterocycles. The molecule has 1 aromatic heterocycles. The van der Waals surface area contributed by atoms with Gasteiger partial charge >= 0.3 is 5.97 Å². The van der Waals surface area contributed by atoms with Crippen LogP contribution in [0.15, 0.2) is 12.1 Å². The third-order valence-electron chi connectivity index (χ3n) is 3.83. The molecule has 0 bridgehead atoms. The number of ether oxygens (including phenoxy) is 1. The molecule has 0 amide bonds. The van der Waals surface area contributed by atoms with Crippen LogP contribution in [0.3, 0.4) is 0 Å². The van der Waals surface area contributed by atoms with E-state index in [1.54, 1.807) is 6.07 Å². The van der Waals surface area contributed by atoms with Gasteiger partial charge in [0.15, 0.2) is 0 Å². The summed E-state index contributed by atoms with van der Waals surface area (Å²) in [4.78, 5) is 15.4. The van der Waals surface area contributed by atoms with Gasteiger partial charge in [0.05, 0.1) is 22.6 Å². The van der Waals surface area contributed by atoms with Crippen LogP contribution in [0.2, 0.25) is 10.0 Å². The molecular formula is C15H15Cl2NO2. The molecule has 5 heteroatoms. The number of benzene rings is 1. The lowest BCUT2D eigenvalue weighted by molar-refractivity contribution is -0.145. The highest BCUT2D eigenvalue weighted by Crippen LogP contribution is 2.41. The van der Waals surface area contributed by atoms with Crippen molar-refractivity contribution in [2.75, 3.05) is 6.61 Å². The number of halogens is 2. The van der Waals surface area contributed by atoms with Gasteiger partial charge in [0.2, 0.25) is 0 Å². The molecule has 1 aromatic carbocycles. The largest absolute Gasteiger partial charge is 0.465 e. The van der Waals surface area contributed by atoms with E-state index in [9.17, 15) is 4.79 Å². The van der Waals surface area contributed by atoms with E-state index in [4.69, 9.17) is 27.9 Å². The van der Waals surface area contributed by atoms with E-state index in [1.165, 1.54) is 0 Å². The van der Waals surface area contributed by atoms with E-state index < -0.39 is 0 Å². The Morgan fingerprint density at radius 2 is 2.25 bits per heavy atom. The van der Waals surface area contributed by atoms with Crippen LogP contribution in [0.1, 0.15) is 36.9 Å². The third-order valence-corrected chi connectivity index (χ3v) is 4.63. The maximum Gasteiger partial charge on any atom is 0.314 e. The van der Waals surface area contributed by atoms with Gasteiger partial charge in [0.1, 0.15) is 0 Å². The number of aromatic amines is 1. The third kappa shape index (κ3) is 2.09. The number of aryl methyl sites for hydroxylation is 1. The minimum Gasteiger partial charge on any atom is -0.465 e. The molecule has 0 spiro atoms. The van der Waals surface area contributed by atoms with E-state index >= 15 is 0 Å². The van der Waals surface area contributed by atoms with Gasteiger partial charge in [-0.1, -0.05) is 23.2 Å². The average molecular weight is 312 g/mol. The number of nitrogens with one attached hydrogen (secondary N) is 1. The van der Waals surface area contributed by atoms with Crippen molar-refractivity contribution in [2.24, 2.45) is 0 Å². The number of carbonyl (C=O) groups is 1. The van der Waals surface area contributed by atoms with Crippen LogP contribution in [-0.4, -0.2) is 17.6 Å². The summed E-state index contributed by atoms with van der Waals surface area (Å²) in [5, 5.41) is 2.05. The standard InChI is InChI=1S/C15H15Cl2NO2/c1-2-20-15(19)9-5-3-4-8-12-11(18-14(8)9)7-6-10(16)13(12)17/h6-7,9,18H,2-5H2,1H3. The summed E-state index contributed by atoms with van der Waals surface area (Å²) in [5.74, 6) is -0.386. The normalized spacial score (nSPS) is 18.1. The Bertz CT molecular complexity index is 678. The first-order valence-electron chi connectivity index (χ1n) is 6.78. The van der Waals surface area contributed by atoms with Crippen LogP contribution in [0.25, 0.3) is 10.9 Å². The number of H-pyrrole nitrogens is 1. The maximum absolute atomic E-state index is 12.1. The maximum atomic E-state index is 12.1. The molecule has 0 fully saturated rings. The monoisotopic (exact) mass is 311 g/mol. The van der Waals surface area contributed by atoms with Crippen molar-refractivity contribution in [1.82, 2.24) is 4.98 Å². The molecule has 1 aliphatic carbocycles. The number of fused-ring (bicyclic) bond motifs is 3. The molecule has 1 aliphatic rings. The Morgan fingerprint density at radius 1 is 1.45 bits per heavy atom. The Balaban J connectivity index is 2.16. The van der Waals surface area contributed by atoms with Crippen LogP contribution in [0, 0.1) is 0 Å². The molecule has 2 aromatic rings. The van der Waals surface area contributed by atoms with Crippen LogP contribution in [0.5, 0.6) is 0 Å². The first-order chi connectivity index (χ1) is 9.63. The molecule has 1 N–H and O–H groups in total. The molecular weight excluding hydrogens is 297 g/mol. The van der Waals surface area contributed by atoms with Crippen molar-refractivity contribution in [1.29, 1.82) is 0 Å². The number of hydrogen-bond donors (Lipinski definition) is 1. The molecule has 3 rings (SSSR count). The van der Waals surface area contributed by atoms with Crippen molar-refractivity contribution in [3.8, 4) is 0 Å². The minimum atomic E-state index is -0.221. The number of rotatable bonds is 2. The van der Waals surface area contributed by atoms with Gasteiger partial charge in [-0.15, -0.1) is 0 Å². The van der Waals surface area contributed by atoms with Gasteiger partial charge in [0, 0.05) is 16.6 Å². The van der Waals surface area contributed by atoms with Crippen LogP contribution in [0.4, 0.5) is 0 Å². The predicted molar refractivity (Wildman–Crippen MR) is 80.6 cm³/mol. The Labute approximate surface area is 127 Å². The summed E-state index contributed by atoms with van der Waals surface area (Å²) in [7, 11) is 0. The van der Waals surface area contributed by atoms with E-state index in [-0.39, 0.29) is 11.9 Å². The molecule has 1 unspecified atom stereocenters. The van der Waals surface area contributed by atoms with E-state index in [0.717, 1.165) is 41.4 Å². The summed E-state index contributed by atoms with van der Waals surface area (Å²) in [6, 6.07) is 3.68. The smallest absolute Gasteiger partial charge is 0.314 e.